The van der Waals surface area contributed by atoms with Crippen LogP contribution in [0.5, 0.6) is 0 Å². The molecule has 1 N–H and O–H groups in total. The second-order valence-electron chi connectivity index (χ2n) is 4.19. The maximum atomic E-state index is 10.1. The number of nitrogens with zero attached hydrogens (tertiary/aromatic N) is 2. The molecule has 0 aliphatic heterocycles. The Kier molecular flexibility index (Phi) is 5.43. The van der Waals surface area contributed by atoms with E-state index in [4.69, 9.17) is 16.9 Å². The minimum atomic E-state index is -0.630. The van der Waals surface area contributed by atoms with Crippen molar-refractivity contribution < 1.29 is 5.11 Å². The molecule has 3 nitrogen and oxygen atoms in total. The van der Waals surface area contributed by atoms with Crippen LogP contribution in [0.3, 0.4) is 0 Å². The molecule has 92 valence electrons. The van der Waals surface area contributed by atoms with Crippen molar-refractivity contribution in [3.63, 3.8) is 0 Å². The number of likely N-dealkylation sites (N-methyl/N-ethyl adjacent to an activating group) is 1. The molecule has 0 aliphatic rings. The Morgan fingerprint density at radius 1 is 1.47 bits per heavy atom. The quantitative estimate of drug-likeness (QED) is 0.876. The number of hydrogen-bond donors (Lipinski definition) is 1. The van der Waals surface area contributed by atoms with Crippen LogP contribution < -0.4 is 0 Å². The Bertz CT molecular complexity index is 403. The first-order chi connectivity index (χ1) is 8.06. The summed E-state index contributed by atoms with van der Waals surface area (Å²) in [5, 5.41) is 19.3. The minimum absolute atomic E-state index is 0.122. The van der Waals surface area contributed by atoms with Crippen LogP contribution in [0.15, 0.2) is 24.3 Å². The molecule has 0 spiro atoms. The van der Waals surface area contributed by atoms with Crippen LogP contribution >= 0.6 is 11.6 Å². The summed E-state index contributed by atoms with van der Waals surface area (Å²) in [7, 11) is 1.89. The van der Waals surface area contributed by atoms with Crippen molar-refractivity contribution in [2.75, 3.05) is 13.6 Å². The summed E-state index contributed by atoms with van der Waals surface area (Å²) in [5.41, 5.74) is 0.727. The zero-order valence-corrected chi connectivity index (χ0v) is 10.9. The third-order valence-electron chi connectivity index (χ3n) is 2.86. The molecule has 2 unspecified atom stereocenters. The number of benzene rings is 1. The number of rotatable bonds is 5. The van der Waals surface area contributed by atoms with Crippen LogP contribution in [0.2, 0.25) is 5.02 Å². The van der Waals surface area contributed by atoms with E-state index in [1.807, 2.05) is 37.1 Å². The average Bonchev–Trinajstić information content (AvgIpc) is 2.29. The van der Waals surface area contributed by atoms with Gasteiger partial charge in [0.2, 0.25) is 0 Å². The molecule has 17 heavy (non-hydrogen) atoms. The van der Waals surface area contributed by atoms with Crippen molar-refractivity contribution >= 4 is 11.6 Å². The first-order valence-electron chi connectivity index (χ1n) is 5.56. The lowest BCUT2D eigenvalue weighted by atomic mass is 10.1. The zero-order chi connectivity index (χ0) is 12.8. The molecule has 0 saturated heterocycles. The van der Waals surface area contributed by atoms with Crippen LogP contribution in [-0.4, -0.2) is 29.6 Å². The number of aliphatic hydroxyl groups excluding tert-OH is 1. The molecule has 1 aromatic rings. The molecular formula is C13H17ClN2O. The highest BCUT2D eigenvalue weighted by molar-refractivity contribution is 6.31. The van der Waals surface area contributed by atoms with Crippen molar-refractivity contribution in [1.82, 2.24) is 4.90 Å². The van der Waals surface area contributed by atoms with Crippen molar-refractivity contribution in [3.8, 4) is 6.07 Å². The van der Waals surface area contributed by atoms with E-state index >= 15 is 0 Å². The van der Waals surface area contributed by atoms with Gasteiger partial charge in [-0.2, -0.15) is 5.26 Å². The normalized spacial score (nSPS) is 14.4. The van der Waals surface area contributed by atoms with E-state index in [0.29, 0.717) is 18.0 Å². The molecule has 0 fully saturated rings. The fourth-order valence-corrected chi connectivity index (χ4v) is 1.85. The lowest BCUT2D eigenvalue weighted by Gasteiger charge is -2.25. The van der Waals surface area contributed by atoms with Gasteiger partial charge in [0.1, 0.15) is 0 Å². The molecular weight excluding hydrogens is 236 g/mol. The fraction of sp³-hybridized carbons (Fsp3) is 0.462. The van der Waals surface area contributed by atoms with E-state index in [9.17, 15) is 5.11 Å². The lowest BCUT2D eigenvalue weighted by molar-refractivity contribution is 0.109. The van der Waals surface area contributed by atoms with Gasteiger partial charge in [-0.05, 0) is 20.0 Å². The number of nitriles is 1. The van der Waals surface area contributed by atoms with E-state index in [2.05, 4.69) is 6.07 Å². The van der Waals surface area contributed by atoms with Gasteiger partial charge >= 0.3 is 0 Å². The molecule has 0 saturated carbocycles. The van der Waals surface area contributed by atoms with Gasteiger partial charge in [0.25, 0.3) is 0 Å². The molecule has 0 amide bonds. The summed E-state index contributed by atoms with van der Waals surface area (Å²) in [5.74, 6) is 0. The maximum Gasteiger partial charge on any atom is 0.0931 e. The van der Waals surface area contributed by atoms with Gasteiger partial charge in [-0.25, -0.2) is 0 Å². The van der Waals surface area contributed by atoms with Gasteiger partial charge in [-0.15, -0.1) is 0 Å². The van der Waals surface area contributed by atoms with Crippen LogP contribution in [0.1, 0.15) is 25.0 Å². The van der Waals surface area contributed by atoms with Crippen molar-refractivity contribution in [2.45, 2.75) is 25.5 Å². The summed E-state index contributed by atoms with van der Waals surface area (Å²) in [6, 6.07) is 9.51. The van der Waals surface area contributed by atoms with Crippen LogP contribution in [-0.2, 0) is 0 Å². The topological polar surface area (TPSA) is 47.3 Å². The van der Waals surface area contributed by atoms with E-state index < -0.39 is 6.10 Å². The van der Waals surface area contributed by atoms with Crippen LogP contribution in [0, 0.1) is 11.3 Å². The number of halogens is 1. The molecule has 1 aromatic carbocycles. The summed E-state index contributed by atoms with van der Waals surface area (Å²) in [4.78, 5) is 1.96. The molecule has 4 heteroatoms. The highest BCUT2D eigenvalue weighted by Gasteiger charge is 2.16. The molecule has 0 bridgehead atoms. The smallest absolute Gasteiger partial charge is 0.0931 e. The lowest BCUT2D eigenvalue weighted by Crippen LogP contribution is -2.32. The van der Waals surface area contributed by atoms with Crippen LogP contribution in [0.4, 0.5) is 0 Å². The first-order valence-corrected chi connectivity index (χ1v) is 5.93. The minimum Gasteiger partial charge on any atom is -0.387 e. The summed E-state index contributed by atoms with van der Waals surface area (Å²) < 4.78 is 0. The van der Waals surface area contributed by atoms with Crippen molar-refractivity contribution in [3.05, 3.63) is 34.9 Å². The van der Waals surface area contributed by atoms with Gasteiger partial charge in [-0.1, -0.05) is 29.8 Å². The highest BCUT2D eigenvalue weighted by Crippen LogP contribution is 2.23. The first kappa shape index (κ1) is 14.0. The largest absolute Gasteiger partial charge is 0.387 e. The van der Waals surface area contributed by atoms with Gasteiger partial charge in [0.05, 0.1) is 18.6 Å². The van der Waals surface area contributed by atoms with Gasteiger partial charge < -0.3 is 5.11 Å². The molecule has 0 aromatic heterocycles. The number of aliphatic hydroxyl groups is 1. The maximum absolute atomic E-state index is 10.1. The van der Waals surface area contributed by atoms with Crippen molar-refractivity contribution in [1.29, 1.82) is 5.26 Å². The third kappa shape index (κ3) is 4.01. The Morgan fingerprint density at radius 2 is 2.12 bits per heavy atom. The van der Waals surface area contributed by atoms with Gasteiger partial charge in [-0.3, -0.25) is 4.90 Å². The molecule has 0 radical (unpaired) electrons. The molecule has 0 heterocycles. The Balaban J connectivity index is 2.64. The Labute approximate surface area is 107 Å². The number of hydrogen-bond acceptors (Lipinski definition) is 3. The highest BCUT2D eigenvalue weighted by atomic mass is 35.5. The molecule has 1 rings (SSSR count). The summed E-state index contributed by atoms with van der Waals surface area (Å²) >= 11 is 6.01. The van der Waals surface area contributed by atoms with E-state index in [-0.39, 0.29) is 6.04 Å². The summed E-state index contributed by atoms with van der Waals surface area (Å²) in [6.07, 6.45) is -0.180. The Hall–Kier alpha value is -1.08. The third-order valence-corrected chi connectivity index (χ3v) is 3.21. The van der Waals surface area contributed by atoms with Crippen LogP contribution in [0.25, 0.3) is 0 Å². The van der Waals surface area contributed by atoms with E-state index in [0.717, 1.165) is 5.56 Å². The van der Waals surface area contributed by atoms with E-state index in [1.54, 1.807) is 6.07 Å². The standard InChI is InChI=1S/C13H17ClN2O/c1-10(7-8-15)16(2)9-13(17)11-5-3-4-6-12(11)14/h3-6,10,13,17H,7,9H2,1-2H3. The van der Waals surface area contributed by atoms with E-state index in [1.165, 1.54) is 0 Å². The molecule has 0 aliphatic carbocycles. The fourth-order valence-electron chi connectivity index (χ4n) is 1.58. The summed E-state index contributed by atoms with van der Waals surface area (Å²) in [6.45, 7) is 2.43. The SMILES string of the molecule is CC(CC#N)N(C)CC(O)c1ccccc1Cl. The van der Waals surface area contributed by atoms with Crippen molar-refractivity contribution in [2.24, 2.45) is 0 Å². The Morgan fingerprint density at radius 3 is 2.71 bits per heavy atom. The molecule has 2 atom stereocenters. The predicted octanol–water partition coefficient (Wildman–Crippen LogP) is 2.61. The second kappa shape index (κ2) is 6.61. The average molecular weight is 253 g/mol. The zero-order valence-electron chi connectivity index (χ0n) is 10.1. The monoisotopic (exact) mass is 252 g/mol. The van der Waals surface area contributed by atoms with Gasteiger partial charge in [0.15, 0.2) is 0 Å². The predicted molar refractivity (Wildman–Crippen MR) is 68.7 cm³/mol. The van der Waals surface area contributed by atoms with Gasteiger partial charge in [0, 0.05) is 23.2 Å². The second-order valence-corrected chi connectivity index (χ2v) is 4.60.